The monoisotopic (exact) mass is 398 g/mol. The van der Waals surface area contributed by atoms with E-state index in [0.29, 0.717) is 5.92 Å². The zero-order valence-electron chi connectivity index (χ0n) is 18.0. The van der Waals surface area contributed by atoms with Crippen LogP contribution in [0.1, 0.15) is 63.5 Å². The van der Waals surface area contributed by atoms with Crippen LogP contribution in [-0.2, 0) is 9.59 Å². The van der Waals surface area contributed by atoms with E-state index in [4.69, 9.17) is 5.73 Å². The van der Waals surface area contributed by atoms with E-state index in [0.717, 1.165) is 67.7 Å². The summed E-state index contributed by atoms with van der Waals surface area (Å²) in [6.45, 7) is 7.78. The van der Waals surface area contributed by atoms with Gasteiger partial charge in [-0.2, -0.15) is 0 Å². The van der Waals surface area contributed by atoms with Gasteiger partial charge in [0.1, 0.15) is 6.54 Å². The molecule has 1 unspecified atom stereocenters. The maximum Gasteiger partial charge on any atom is 0.266 e. The van der Waals surface area contributed by atoms with Gasteiger partial charge in [0.2, 0.25) is 5.91 Å². The van der Waals surface area contributed by atoms with Crippen LogP contribution in [-0.4, -0.2) is 48.2 Å². The second-order valence-corrected chi connectivity index (χ2v) is 8.66. The first-order valence-corrected chi connectivity index (χ1v) is 10.9. The Morgan fingerprint density at radius 2 is 1.83 bits per heavy atom. The van der Waals surface area contributed by atoms with E-state index in [9.17, 15) is 9.59 Å². The Morgan fingerprint density at radius 3 is 2.48 bits per heavy atom. The second kappa shape index (κ2) is 9.53. The molecule has 158 valence electrons. The molecule has 2 amide bonds. The molecule has 0 bridgehead atoms. The van der Waals surface area contributed by atoms with Gasteiger partial charge < -0.3 is 10.6 Å². The number of hydrogen-bond acceptors (Lipinski definition) is 4. The van der Waals surface area contributed by atoms with Crippen LogP contribution in [0.2, 0.25) is 0 Å². The number of likely N-dealkylation sites (tertiary alicyclic amines) is 1. The smallest absolute Gasteiger partial charge is 0.266 e. The third-order valence-corrected chi connectivity index (χ3v) is 5.74. The molecule has 1 fully saturated rings. The Bertz CT molecular complexity index is 779. The van der Waals surface area contributed by atoms with Crippen molar-refractivity contribution in [2.75, 3.05) is 24.5 Å². The van der Waals surface area contributed by atoms with Crippen molar-refractivity contribution >= 4 is 23.2 Å². The fourth-order valence-electron chi connectivity index (χ4n) is 4.25. The summed E-state index contributed by atoms with van der Waals surface area (Å²) in [5.41, 5.74) is 9.67. The molecule has 1 atom stereocenters. The molecule has 6 heteroatoms. The van der Waals surface area contributed by atoms with Crippen molar-refractivity contribution in [2.45, 2.75) is 65.5 Å². The highest BCUT2D eigenvalue weighted by atomic mass is 16.2. The van der Waals surface area contributed by atoms with E-state index >= 15 is 0 Å². The number of anilines is 1. The zero-order chi connectivity index (χ0) is 21.0. The van der Waals surface area contributed by atoms with Gasteiger partial charge in [0.15, 0.2) is 6.17 Å². The summed E-state index contributed by atoms with van der Waals surface area (Å²) in [6, 6.07) is 5.94. The number of nitrogens with zero attached hydrogens (tertiary/aromatic N) is 3. The van der Waals surface area contributed by atoms with Crippen LogP contribution in [0.25, 0.3) is 0 Å². The normalized spacial score (nSPS) is 20.7. The molecule has 3 rings (SSSR count). The topological polar surface area (TPSA) is 79.0 Å². The van der Waals surface area contributed by atoms with E-state index in [1.54, 1.807) is 4.90 Å². The summed E-state index contributed by atoms with van der Waals surface area (Å²) in [5, 5.41) is 0. The Morgan fingerprint density at radius 1 is 1.17 bits per heavy atom. The molecular formula is C23H34N4O2. The van der Waals surface area contributed by atoms with Crippen LogP contribution >= 0.6 is 0 Å². The lowest BCUT2D eigenvalue weighted by Gasteiger charge is -2.30. The average molecular weight is 399 g/mol. The number of aliphatic imine (C=N–C) groups is 1. The lowest BCUT2D eigenvalue weighted by molar-refractivity contribution is -0.131. The predicted octanol–water partition coefficient (Wildman–Crippen LogP) is 3.25. The largest absolute Gasteiger partial charge is 0.341 e. The Labute approximate surface area is 174 Å². The summed E-state index contributed by atoms with van der Waals surface area (Å²) in [7, 11) is 0. The minimum absolute atomic E-state index is 0.00559. The third-order valence-electron chi connectivity index (χ3n) is 5.74. The zero-order valence-corrected chi connectivity index (χ0v) is 18.0. The highest BCUT2D eigenvalue weighted by Gasteiger charge is 2.33. The lowest BCUT2D eigenvalue weighted by Crippen LogP contribution is -2.48. The summed E-state index contributed by atoms with van der Waals surface area (Å²) < 4.78 is 0. The molecule has 2 heterocycles. The fraction of sp³-hybridized carbons (Fsp3) is 0.609. The van der Waals surface area contributed by atoms with E-state index in [1.807, 2.05) is 30.0 Å². The summed E-state index contributed by atoms with van der Waals surface area (Å²) in [4.78, 5) is 34.3. The number of carbonyl (C=O) groups excluding carboxylic acids is 2. The predicted molar refractivity (Wildman–Crippen MR) is 117 cm³/mol. The molecule has 0 radical (unpaired) electrons. The van der Waals surface area contributed by atoms with Gasteiger partial charge in [-0.3, -0.25) is 19.5 Å². The number of amides is 2. The SMILES string of the molecule is Cc1cccc2c1N(CC(=O)N1CCCCCCC1)C(=O)C(N)N=C2CC(C)C. The van der Waals surface area contributed by atoms with E-state index in [2.05, 4.69) is 18.8 Å². The molecule has 0 saturated carbocycles. The first-order valence-electron chi connectivity index (χ1n) is 10.9. The van der Waals surface area contributed by atoms with Crippen LogP contribution in [0.4, 0.5) is 5.69 Å². The molecule has 1 saturated heterocycles. The average Bonchev–Trinajstić information content (AvgIpc) is 2.72. The number of rotatable bonds is 4. The van der Waals surface area contributed by atoms with Gasteiger partial charge in [-0.05, 0) is 37.7 Å². The van der Waals surface area contributed by atoms with Gasteiger partial charge in [0, 0.05) is 24.4 Å². The van der Waals surface area contributed by atoms with Crippen molar-refractivity contribution < 1.29 is 9.59 Å². The molecule has 2 aliphatic heterocycles. The Kier molecular flexibility index (Phi) is 7.06. The molecule has 1 aromatic rings. The van der Waals surface area contributed by atoms with Crippen LogP contribution in [0.3, 0.4) is 0 Å². The van der Waals surface area contributed by atoms with Crippen molar-refractivity contribution in [1.82, 2.24) is 4.90 Å². The van der Waals surface area contributed by atoms with Gasteiger partial charge in [-0.1, -0.05) is 51.3 Å². The van der Waals surface area contributed by atoms with E-state index in [1.165, 1.54) is 6.42 Å². The summed E-state index contributed by atoms with van der Waals surface area (Å²) in [5.74, 6) is 0.0762. The van der Waals surface area contributed by atoms with Crippen molar-refractivity contribution in [1.29, 1.82) is 0 Å². The number of fused-ring (bicyclic) bond motifs is 1. The molecule has 2 aliphatic rings. The summed E-state index contributed by atoms with van der Waals surface area (Å²) in [6.07, 6.45) is 5.37. The molecule has 0 aliphatic carbocycles. The van der Waals surface area contributed by atoms with Gasteiger partial charge in [-0.15, -0.1) is 0 Å². The van der Waals surface area contributed by atoms with E-state index in [-0.39, 0.29) is 18.4 Å². The third kappa shape index (κ3) is 5.04. The second-order valence-electron chi connectivity index (χ2n) is 8.66. The van der Waals surface area contributed by atoms with Crippen molar-refractivity contribution in [3.8, 4) is 0 Å². The first-order chi connectivity index (χ1) is 13.9. The molecule has 1 aromatic carbocycles. The first kappa shape index (κ1) is 21.5. The minimum Gasteiger partial charge on any atom is -0.341 e. The van der Waals surface area contributed by atoms with Gasteiger partial charge in [0.05, 0.1) is 5.69 Å². The quantitative estimate of drug-likeness (QED) is 0.845. The van der Waals surface area contributed by atoms with Crippen LogP contribution in [0.15, 0.2) is 23.2 Å². The molecular weight excluding hydrogens is 364 g/mol. The number of nitrogens with two attached hydrogens (primary N) is 1. The van der Waals surface area contributed by atoms with Crippen molar-refractivity contribution in [2.24, 2.45) is 16.6 Å². The highest BCUT2D eigenvalue weighted by Crippen LogP contribution is 2.31. The van der Waals surface area contributed by atoms with Crippen LogP contribution < -0.4 is 10.6 Å². The number of aryl methyl sites for hydroxylation is 1. The Hall–Kier alpha value is -2.21. The summed E-state index contributed by atoms with van der Waals surface area (Å²) >= 11 is 0. The van der Waals surface area contributed by atoms with Crippen molar-refractivity contribution in [3.05, 3.63) is 29.3 Å². The van der Waals surface area contributed by atoms with Gasteiger partial charge >= 0.3 is 0 Å². The van der Waals surface area contributed by atoms with Crippen molar-refractivity contribution in [3.63, 3.8) is 0 Å². The standard InChI is InChI=1S/C23H34N4O2/c1-16(2)14-19-18-11-9-10-17(3)21(18)27(23(29)22(24)25-19)15-20(28)26-12-7-5-4-6-8-13-26/h9-11,16,22H,4-8,12-15,24H2,1-3H3. The maximum absolute atomic E-state index is 13.2. The molecule has 0 spiro atoms. The molecule has 29 heavy (non-hydrogen) atoms. The van der Waals surface area contributed by atoms with Crippen LogP contribution in [0.5, 0.6) is 0 Å². The highest BCUT2D eigenvalue weighted by molar-refractivity contribution is 6.14. The molecule has 6 nitrogen and oxygen atoms in total. The number of benzodiazepines with no additional fused rings is 1. The Balaban J connectivity index is 1.93. The maximum atomic E-state index is 13.2. The van der Waals surface area contributed by atoms with E-state index < -0.39 is 6.17 Å². The van der Waals surface area contributed by atoms with Gasteiger partial charge in [-0.25, -0.2) is 0 Å². The lowest BCUT2D eigenvalue weighted by atomic mass is 9.96. The van der Waals surface area contributed by atoms with Crippen LogP contribution in [0, 0.1) is 12.8 Å². The number of carbonyl (C=O) groups is 2. The number of hydrogen-bond donors (Lipinski definition) is 1. The molecule has 2 N–H and O–H groups in total. The minimum atomic E-state index is -0.976. The molecule has 0 aromatic heterocycles. The number of benzene rings is 1. The fourth-order valence-corrected chi connectivity index (χ4v) is 4.25. The van der Waals surface area contributed by atoms with Gasteiger partial charge in [0.25, 0.3) is 5.91 Å². The number of para-hydroxylation sites is 1.